The van der Waals surface area contributed by atoms with Crippen LogP contribution >= 0.6 is 0 Å². The molecule has 0 fully saturated rings. The second kappa shape index (κ2) is 10.8. The Balaban J connectivity index is 1.59. The van der Waals surface area contributed by atoms with E-state index < -0.39 is 0 Å². The third-order valence-electron chi connectivity index (χ3n) is 5.82. The van der Waals surface area contributed by atoms with E-state index in [1.54, 1.807) is 6.92 Å². The van der Waals surface area contributed by atoms with E-state index in [4.69, 9.17) is 9.47 Å². The number of allylic oxidation sites excluding steroid dienone is 2. The van der Waals surface area contributed by atoms with Crippen LogP contribution in [0.4, 0.5) is 0 Å². The molecule has 0 spiro atoms. The standard InChI is InChI=1S/C27H29NO5/c1-17-22(25(31)27(33-4)26(32-3)24(17)30)16-20-12-10-19(11-13-20)14-15-23(29)28-18(2)21-8-6-5-7-9-21/h5-13,18H,14-16H2,1-4H3,(H,28,29)/t18-/m0/s1. The number of carbonyl (C=O) groups is 3. The van der Waals surface area contributed by atoms with Gasteiger partial charge in [0.05, 0.1) is 20.3 Å². The Bertz CT molecular complexity index is 1100. The van der Waals surface area contributed by atoms with Gasteiger partial charge in [-0.15, -0.1) is 0 Å². The molecule has 2 aromatic carbocycles. The van der Waals surface area contributed by atoms with Gasteiger partial charge < -0.3 is 14.8 Å². The van der Waals surface area contributed by atoms with Crippen LogP contribution in [0, 0.1) is 0 Å². The van der Waals surface area contributed by atoms with Gasteiger partial charge in [-0.05, 0) is 37.0 Å². The number of methoxy groups -OCH3 is 2. The van der Waals surface area contributed by atoms with Crippen LogP contribution in [-0.2, 0) is 36.7 Å². The van der Waals surface area contributed by atoms with E-state index >= 15 is 0 Å². The minimum Gasteiger partial charge on any atom is -0.489 e. The second-order valence-electron chi connectivity index (χ2n) is 8.02. The van der Waals surface area contributed by atoms with Gasteiger partial charge in [-0.25, -0.2) is 0 Å². The molecule has 1 atom stereocenters. The summed E-state index contributed by atoms with van der Waals surface area (Å²) in [6.07, 6.45) is 1.31. The van der Waals surface area contributed by atoms with Gasteiger partial charge in [0.1, 0.15) is 0 Å². The fourth-order valence-electron chi connectivity index (χ4n) is 3.83. The smallest absolute Gasteiger partial charge is 0.228 e. The molecule has 1 amide bonds. The molecule has 3 rings (SSSR count). The van der Waals surface area contributed by atoms with Crippen molar-refractivity contribution in [2.45, 2.75) is 39.2 Å². The molecular weight excluding hydrogens is 418 g/mol. The molecule has 0 unspecified atom stereocenters. The molecular formula is C27H29NO5. The number of ether oxygens (including phenoxy) is 2. The number of ketones is 2. The molecule has 1 aliphatic rings. The predicted molar refractivity (Wildman–Crippen MR) is 125 cm³/mol. The minimum atomic E-state index is -0.337. The van der Waals surface area contributed by atoms with Gasteiger partial charge in [-0.2, -0.15) is 0 Å². The molecule has 0 radical (unpaired) electrons. The van der Waals surface area contributed by atoms with Crippen LogP contribution in [0.1, 0.15) is 43.0 Å². The molecule has 0 bridgehead atoms. The number of benzene rings is 2. The van der Waals surface area contributed by atoms with Crippen LogP contribution in [0.2, 0.25) is 0 Å². The quantitative estimate of drug-likeness (QED) is 0.588. The average molecular weight is 448 g/mol. The van der Waals surface area contributed by atoms with E-state index in [9.17, 15) is 14.4 Å². The van der Waals surface area contributed by atoms with E-state index in [2.05, 4.69) is 5.32 Å². The van der Waals surface area contributed by atoms with Crippen molar-refractivity contribution in [2.75, 3.05) is 14.2 Å². The van der Waals surface area contributed by atoms with E-state index in [0.29, 0.717) is 30.4 Å². The van der Waals surface area contributed by atoms with Crippen LogP contribution in [0.15, 0.2) is 77.3 Å². The molecule has 0 saturated heterocycles. The maximum absolute atomic E-state index is 12.8. The summed E-state index contributed by atoms with van der Waals surface area (Å²) in [7, 11) is 2.70. The zero-order valence-electron chi connectivity index (χ0n) is 19.4. The van der Waals surface area contributed by atoms with Crippen LogP contribution in [0.5, 0.6) is 0 Å². The number of amides is 1. The zero-order valence-corrected chi connectivity index (χ0v) is 19.4. The monoisotopic (exact) mass is 447 g/mol. The summed E-state index contributed by atoms with van der Waals surface area (Å²) < 4.78 is 10.2. The summed E-state index contributed by atoms with van der Waals surface area (Å²) in [4.78, 5) is 37.7. The zero-order chi connectivity index (χ0) is 24.0. The summed E-state index contributed by atoms with van der Waals surface area (Å²) in [6, 6.07) is 17.5. The second-order valence-corrected chi connectivity index (χ2v) is 8.02. The summed E-state index contributed by atoms with van der Waals surface area (Å²) >= 11 is 0. The largest absolute Gasteiger partial charge is 0.489 e. The molecule has 33 heavy (non-hydrogen) atoms. The Labute approximate surface area is 194 Å². The fraction of sp³-hybridized carbons (Fsp3) is 0.296. The van der Waals surface area contributed by atoms with Gasteiger partial charge in [0, 0.05) is 24.0 Å². The number of hydrogen-bond donors (Lipinski definition) is 1. The maximum atomic E-state index is 12.8. The van der Waals surface area contributed by atoms with Crippen LogP contribution < -0.4 is 5.32 Å². The van der Waals surface area contributed by atoms with E-state index in [1.165, 1.54) is 14.2 Å². The highest BCUT2D eigenvalue weighted by atomic mass is 16.5. The normalized spacial score (nSPS) is 14.9. The summed E-state index contributed by atoms with van der Waals surface area (Å²) in [5.74, 6) is -0.791. The first-order chi connectivity index (χ1) is 15.8. The number of Topliss-reactive ketones (excluding diaryl/α,β-unsaturated/α-hetero) is 2. The first kappa shape index (κ1) is 24.0. The summed E-state index contributed by atoms with van der Waals surface area (Å²) in [6.45, 7) is 3.60. The molecule has 1 N–H and O–H groups in total. The summed E-state index contributed by atoms with van der Waals surface area (Å²) in [5, 5.41) is 3.02. The van der Waals surface area contributed by atoms with Crippen molar-refractivity contribution in [3.63, 3.8) is 0 Å². The highest BCUT2D eigenvalue weighted by Gasteiger charge is 2.34. The van der Waals surface area contributed by atoms with Gasteiger partial charge in [0.2, 0.25) is 29.0 Å². The van der Waals surface area contributed by atoms with Crippen molar-refractivity contribution in [3.8, 4) is 0 Å². The number of carbonyl (C=O) groups excluding carboxylic acids is 3. The molecule has 172 valence electrons. The Hall–Kier alpha value is -3.67. The third kappa shape index (κ3) is 5.58. The van der Waals surface area contributed by atoms with Crippen molar-refractivity contribution < 1.29 is 23.9 Å². The lowest BCUT2D eigenvalue weighted by Crippen LogP contribution is -2.26. The van der Waals surface area contributed by atoms with Crippen molar-refractivity contribution in [1.82, 2.24) is 5.32 Å². The van der Waals surface area contributed by atoms with Gasteiger partial charge in [0.15, 0.2) is 0 Å². The lowest BCUT2D eigenvalue weighted by Gasteiger charge is -2.20. The minimum absolute atomic E-state index is 0.00430. The molecule has 1 aliphatic carbocycles. The molecule has 6 heteroatoms. The van der Waals surface area contributed by atoms with Crippen LogP contribution in [-0.4, -0.2) is 31.7 Å². The molecule has 0 saturated carbocycles. The average Bonchev–Trinajstić information content (AvgIpc) is 2.83. The highest BCUT2D eigenvalue weighted by molar-refractivity contribution is 6.23. The van der Waals surface area contributed by atoms with E-state index in [0.717, 1.165) is 16.7 Å². The molecule has 2 aromatic rings. The first-order valence-corrected chi connectivity index (χ1v) is 10.9. The Morgan fingerprint density at radius 2 is 1.45 bits per heavy atom. The highest BCUT2D eigenvalue weighted by Crippen LogP contribution is 2.28. The maximum Gasteiger partial charge on any atom is 0.228 e. The van der Waals surface area contributed by atoms with Gasteiger partial charge in [-0.1, -0.05) is 54.6 Å². The lowest BCUT2D eigenvalue weighted by atomic mass is 9.88. The molecule has 0 aliphatic heterocycles. The Morgan fingerprint density at radius 3 is 2.06 bits per heavy atom. The van der Waals surface area contributed by atoms with Crippen LogP contribution in [0.25, 0.3) is 0 Å². The van der Waals surface area contributed by atoms with E-state index in [-0.39, 0.29) is 35.0 Å². The SMILES string of the molecule is COC1=C(OC)C(=O)C(Cc2ccc(CCC(=O)N[C@@H](C)c3ccccc3)cc2)=C(C)C1=O. The number of aryl methyl sites for hydroxylation is 1. The van der Waals surface area contributed by atoms with Gasteiger partial charge in [-0.3, -0.25) is 14.4 Å². The van der Waals surface area contributed by atoms with Crippen molar-refractivity contribution in [2.24, 2.45) is 0 Å². The first-order valence-electron chi connectivity index (χ1n) is 10.9. The number of hydrogen-bond acceptors (Lipinski definition) is 5. The molecule has 0 heterocycles. The third-order valence-corrected chi connectivity index (χ3v) is 5.82. The summed E-state index contributed by atoms with van der Waals surface area (Å²) in [5.41, 5.74) is 3.76. The van der Waals surface area contributed by atoms with Gasteiger partial charge in [0.25, 0.3) is 0 Å². The van der Waals surface area contributed by atoms with Crippen LogP contribution in [0.3, 0.4) is 0 Å². The van der Waals surface area contributed by atoms with Gasteiger partial charge >= 0.3 is 0 Å². The van der Waals surface area contributed by atoms with Crippen molar-refractivity contribution >= 4 is 17.5 Å². The van der Waals surface area contributed by atoms with Crippen molar-refractivity contribution in [1.29, 1.82) is 0 Å². The lowest BCUT2D eigenvalue weighted by molar-refractivity contribution is -0.121. The Morgan fingerprint density at radius 1 is 0.879 bits per heavy atom. The fourth-order valence-corrected chi connectivity index (χ4v) is 3.83. The topological polar surface area (TPSA) is 81.7 Å². The predicted octanol–water partition coefficient (Wildman–Crippen LogP) is 4.01. The van der Waals surface area contributed by atoms with E-state index in [1.807, 2.05) is 61.5 Å². The number of nitrogens with one attached hydrogen (secondary N) is 1. The molecule has 6 nitrogen and oxygen atoms in total. The number of rotatable bonds is 9. The van der Waals surface area contributed by atoms with Crippen molar-refractivity contribution in [3.05, 3.63) is 94.0 Å². The Kier molecular flexibility index (Phi) is 7.83. The molecule has 0 aromatic heterocycles.